The van der Waals surface area contributed by atoms with Gasteiger partial charge in [0.15, 0.2) is 0 Å². The first-order valence-electron chi connectivity index (χ1n) is 5.94. The van der Waals surface area contributed by atoms with Crippen LogP contribution < -0.4 is 5.32 Å². The summed E-state index contributed by atoms with van der Waals surface area (Å²) in [6.07, 6.45) is 0. The van der Waals surface area contributed by atoms with E-state index in [1.54, 1.807) is 0 Å². The average molecular weight is 314 g/mol. The average Bonchev–Trinajstić information content (AvgIpc) is 2.35. The Morgan fingerprint density at radius 1 is 1.44 bits per heavy atom. The first-order valence-corrected chi connectivity index (χ1v) is 6.74. The molecule has 0 bridgehead atoms. The number of hydrogen-bond acceptors (Lipinski definition) is 3. The summed E-state index contributed by atoms with van der Waals surface area (Å²) in [4.78, 5) is 11.6. The lowest BCUT2D eigenvalue weighted by molar-refractivity contribution is -0.150. The van der Waals surface area contributed by atoms with E-state index in [1.165, 1.54) is 12.7 Å². The number of halogens is 1. The predicted octanol–water partition coefficient (Wildman–Crippen LogP) is 3.30. The van der Waals surface area contributed by atoms with Crippen molar-refractivity contribution in [1.82, 2.24) is 5.32 Å². The van der Waals surface area contributed by atoms with Crippen LogP contribution in [0.3, 0.4) is 0 Å². The standard InChI is InChI=1S/C14H20BrNO2/c1-10(11-7-5-6-8-12(11)15)16-9-14(2,3)13(17)18-4/h5-8,10,16H,9H2,1-4H3/t10-/m0/s1. The Bertz CT molecular complexity index is 418. The minimum absolute atomic E-state index is 0.171. The van der Waals surface area contributed by atoms with Crippen LogP contribution in [0.25, 0.3) is 0 Å². The fourth-order valence-electron chi connectivity index (χ4n) is 1.69. The number of ether oxygens (including phenoxy) is 1. The summed E-state index contributed by atoms with van der Waals surface area (Å²) < 4.78 is 5.86. The summed E-state index contributed by atoms with van der Waals surface area (Å²) >= 11 is 3.53. The van der Waals surface area contributed by atoms with Crippen molar-refractivity contribution >= 4 is 21.9 Å². The molecule has 1 rings (SSSR count). The van der Waals surface area contributed by atoms with Crippen molar-refractivity contribution in [3.05, 3.63) is 34.3 Å². The van der Waals surface area contributed by atoms with Gasteiger partial charge in [-0.1, -0.05) is 34.1 Å². The Labute approximate surface area is 117 Å². The molecular weight excluding hydrogens is 294 g/mol. The molecule has 0 saturated heterocycles. The topological polar surface area (TPSA) is 38.3 Å². The molecule has 1 atom stereocenters. The zero-order valence-electron chi connectivity index (χ0n) is 11.3. The van der Waals surface area contributed by atoms with E-state index in [2.05, 4.69) is 34.2 Å². The monoisotopic (exact) mass is 313 g/mol. The van der Waals surface area contributed by atoms with Crippen LogP contribution in [-0.4, -0.2) is 19.6 Å². The lowest BCUT2D eigenvalue weighted by Gasteiger charge is -2.25. The van der Waals surface area contributed by atoms with Crippen LogP contribution in [0, 0.1) is 5.41 Å². The van der Waals surface area contributed by atoms with Gasteiger partial charge in [-0.15, -0.1) is 0 Å². The molecule has 0 fully saturated rings. The molecule has 4 heteroatoms. The summed E-state index contributed by atoms with van der Waals surface area (Å²) in [5.74, 6) is -0.200. The first-order chi connectivity index (χ1) is 8.38. The third kappa shape index (κ3) is 3.82. The zero-order valence-corrected chi connectivity index (χ0v) is 12.9. The molecule has 0 spiro atoms. The molecule has 1 aromatic rings. The van der Waals surface area contributed by atoms with Crippen molar-refractivity contribution in [1.29, 1.82) is 0 Å². The third-order valence-corrected chi connectivity index (χ3v) is 3.68. The molecule has 0 heterocycles. The molecule has 0 amide bonds. The highest BCUT2D eigenvalue weighted by Gasteiger charge is 2.29. The van der Waals surface area contributed by atoms with Gasteiger partial charge >= 0.3 is 5.97 Å². The molecule has 1 N–H and O–H groups in total. The molecule has 0 aliphatic rings. The quantitative estimate of drug-likeness (QED) is 0.848. The number of carbonyl (C=O) groups excluding carboxylic acids is 1. The summed E-state index contributed by atoms with van der Waals surface area (Å²) in [7, 11) is 1.42. The van der Waals surface area contributed by atoms with Gasteiger partial charge < -0.3 is 10.1 Å². The number of benzene rings is 1. The first kappa shape index (κ1) is 15.2. The van der Waals surface area contributed by atoms with E-state index in [4.69, 9.17) is 4.74 Å². The van der Waals surface area contributed by atoms with E-state index in [0.29, 0.717) is 6.54 Å². The van der Waals surface area contributed by atoms with E-state index in [1.807, 2.05) is 32.0 Å². The lowest BCUT2D eigenvalue weighted by Crippen LogP contribution is -2.38. The second-order valence-electron chi connectivity index (χ2n) is 5.00. The van der Waals surface area contributed by atoms with Gasteiger partial charge in [-0.05, 0) is 32.4 Å². The van der Waals surface area contributed by atoms with Crippen LogP contribution in [0.1, 0.15) is 32.4 Å². The SMILES string of the molecule is COC(=O)C(C)(C)CN[C@@H](C)c1ccccc1Br. The molecule has 0 aliphatic carbocycles. The summed E-state index contributed by atoms with van der Waals surface area (Å²) in [6.45, 7) is 6.40. The fourth-order valence-corrected chi connectivity index (χ4v) is 2.32. The molecule has 0 aromatic heterocycles. The third-order valence-electron chi connectivity index (χ3n) is 2.96. The maximum atomic E-state index is 11.6. The van der Waals surface area contributed by atoms with Crippen molar-refractivity contribution in [2.75, 3.05) is 13.7 Å². The second-order valence-corrected chi connectivity index (χ2v) is 5.85. The Kier molecular flexibility index (Phi) is 5.35. The van der Waals surface area contributed by atoms with Gasteiger partial charge in [0.25, 0.3) is 0 Å². The maximum absolute atomic E-state index is 11.6. The predicted molar refractivity (Wildman–Crippen MR) is 76.4 cm³/mol. The summed E-state index contributed by atoms with van der Waals surface area (Å²) in [5.41, 5.74) is 0.655. The van der Waals surface area contributed by atoms with E-state index in [0.717, 1.165) is 4.47 Å². The van der Waals surface area contributed by atoms with E-state index >= 15 is 0 Å². The van der Waals surface area contributed by atoms with Crippen LogP contribution >= 0.6 is 15.9 Å². The van der Waals surface area contributed by atoms with Crippen LogP contribution in [0.4, 0.5) is 0 Å². The highest BCUT2D eigenvalue weighted by molar-refractivity contribution is 9.10. The molecule has 18 heavy (non-hydrogen) atoms. The minimum atomic E-state index is -0.524. The Morgan fingerprint density at radius 2 is 2.06 bits per heavy atom. The lowest BCUT2D eigenvalue weighted by atomic mass is 9.93. The molecule has 100 valence electrons. The molecular formula is C14H20BrNO2. The van der Waals surface area contributed by atoms with Crippen molar-refractivity contribution in [3.8, 4) is 0 Å². The van der Waals surface area contributed by atoms with E-state index in [9.17, 15) is 4.79 Å². The Hall–Kier alpha value is -0.870. The maximum Gasteiger partial charge on any atom is 0.312 e. The molecule has 0 aliphatic heterocycles. The van der Waals surface area contributed by atoms with Crippen molar-refractivity contribution in [3.63, 3.8) is 0 Å². The number of esters is 1. The van der Waals surface area contributed by atoms with Crippen LogP contribution in [0.5, 0.6) is 0 Å². The zero-order chi connectivity index (χ0) is 13.8. The molecule has 0 radical (unpaired) electrons. The largest absolute Gasteiger partial charge is 0.469 e. The summed E-state index contributed by atoms with van der Waals surface area (Å²) in [6, 6.07) is 8.23. The van der Waals surface area contributed by atoms with Gasteiger partial charge in [-0.3, -0.25) is 4.79 Å². The van der Waals surface area contributed by atoms with Crippen molar-refractivity contribution in [2.45, 2.75) is 26.8 Å². The van der Waals surface area contributed by atoms with Gasteiger partial charge in [0.05, 0.1) is 12.5 Å². The number of rotatable bonds is 5. The van der Waals surface area contributed by atoms with E-state index < -0.39 is 5.41 Å². The van der Waals surface area contributed by atoms with Crippen LogP contribution in [0.2, 0.25) is 0 Å². The van der Waals surface area contributed by atoms with Gasteiger partial charge in [-0.2, -0.15) is 0 Å². The van der Waals surface area contributed by atoms with Gasteiger partial charge in [0.2, 0.25) is 0 Å². The molecule has 0 unspecified atom stereocenters. The van der Waals surface area contributed by atoms with Gasteiger partial charge in [0, 0.05) is 17.1 Å². The Balaban J connectivity index is 2.64. The normalized spacial score (nSPS) is 13.2. The number of nitrogens with one attached hydrogen (secondary N) is 1. The van der Waals surface area contributed by atoms with Gasteiger partial charge in [0.1, 0.15) is 0 Å². The van der Waals surface area contributed by atoms with Crippen molar-refractivity contribution in [2.24, 2.45) is 5.41 Å². The number of hydrogen-bond donors (Lipinski definition) is 1. The molecule has 3 nitrogen and oxygen atoms in total. The number of carbonyl (C=O) groups is 1. The molecule has 0 saturated carbocycles. The highest BCUT2D eigenvalue weighted by atomic mass is 79.9. The minimum Gasteiger partial charge on any atom is -0.469 e. The fraction of sp³-hybridized carbons (Fsp3) is 0.500. The Morgan fingerprint density at radius 3 is 2.61 bits per heavy atom. The van der Waals surface area contributed by atoms with E-state index in [-0.39, 0.29) is 12.0 Å². The summed E-state index contributed by atoms with van der Waals surface area (Å²) in [5, 5.41) is 3.36. The van der Waals surface area contributed by atoms with Gasteiger partial charge in [-0.25, -0.2) is 0 Å². The highest BCUT2D eigenvalue weighted by Crippen LogP contribution is 2.24. The van der Waals surface area contributed by atoms with Crippen LogP contribution in [-0.2, 0) is 9.53 Å². The van der Waals surface area contributed by atoms with Crippen LogP contribution in [0.15, 0.2) is 28.7 Å². The second kappa shape index (κ2) is 6.34. The van der Waals surface area contributed by atoms with Crippen molar-refractivity contribution < 1.29 is 9.53 Å². The number of methoxy groups -OCH3 is 1. The molecule has 1 aromatic carbocycles. The smallest absolute Gasteiger partial charge is 0.312 e.